The number of carbonyl (C=O) groups is 4. The molecule has 0 heterocycles. The number of hydrogen-bond acceptors (Lipinski definition) is 9. The molecule has 0 aliphatic heterocycles. The molecule has 0 aliphatic rings. The Morgan fingerprint density at radius 2 is 1.10 bits per heavy atom. The minimum Gasteiger partial charge on any atom is -0.489 e. The summed E-state index contributed by atoms with van der Waals surface area (Å²) < 4.78 is 28.7. The Bertz CT molecular complexity index is 1580. The highest BCUT2D eigenvalue weighted by Gasteiger charge is 2.51. The van der Waals surface area contributed by atoms with E-state index < -0.39 is 52.3 Å². The van der Waals surface area contributed by atoms with Gasteiger partial charge in [-0.25, -0.2) is 9.59 Å². The summed E-state index contributed by atoms with van der Waals surface area (Å²) in [4.78, 5) is 55.0. The largest absolute Gasteiger partial charge is 0.489 e. The second-order valence-electron chi connectivity index (χ2n) is 15.5. The minimum absolute atomic E-state index is 0.0951. The van der Waals surface area contributed by atoms with Crippen LogP contribution in [0.2, 0.25) is 0 Å². The number of carbonyl (C=O) groups excluding carboxylic acids is 4. The molecule has 276 valence electrons. The Hall–Kier alpha value is -4.86. The van der Waals surface area contributed by atoms with Gasteiger partial charge in [0.15, 0.2) is 5.41 Å². The standard InChI is InChI=1S/C41H53NO9/c1-38(2,3)49-34(43)33(42-37(46)51-40(7,8)9)24-25-41(36(45)50-39(4,5)6,35(44)48-28-31-18-14-11-15-19-31)26-29-20-22-32(23-21-29)47-27-30-16-12-10-13-17-30/h10-23,33H,24-28H2,1-9H3,(H,42,46)/t33-,41?/m0/s1. The molecule has 10 heteroatoms. The number of rotatable bonds is 14. The van der Waals surface area contributed by atoms with Crippen molar-refractivity contribution in [2.24, 2.45) is 5.41 Å². The molecular weight excluding hydrogens is 650 g/mol. The van der Waals surface area contributed by atoms with E-state index in [9.17, 15) is 19.2 Å². The van der Waals surface area contributed by atoms with Crippen LogP contribution in [0.5, 0.6) is 5.75 Å². The van der Waals surface area contributed by atoms with Gasteiger partial charge in [0.2, 0.25) is 0 Å². The van der Waals surface area contributed by atoms with E-state index in [-0.39, 0.29) is 25.9 Å². The summed E-state index contributed by atoms with van der Waals surface area (Å²) in [5.74, 6) is -1.80. The number of hydrogen-bond donors (Lipinski definition) is 1. The van der Waals surface area contributed by atoms with Gasteiger partial charge in [0.25, 0.3) is 0 Å². The molecule has 0 bridgehead atoms. The predicted molar refractivity (Wildman–Crippen MR) is 194 cm³/mol. The second kappa shape index (κ2) is 17.4. The highest BCUT2D eigenvalue weighted by atomic mass is 16.6. The lowest BCUT2D eigenvalue weighted by molar-refractivity contribution is -0.182. The van der Waals surface area contributed by atoms with Crippen molar-refractivity contribution < 1.29 is 42.9 Å². The van der Waals surface area contributed by atoms with E-state index in [1.807, 2.05) is 48.5 Å². The van der Waals surface area contributed by atoms with Crippen molar-refractivity contribution in [3.8, 4) is 5.75 Å². The molecular formula is C41H53NO9. The van der Waals surface area contributed by atoms with Crippen molar-refractivity contribution in [1.82, 2.24) is 5.32 Å². The van der Waals surface area contributed by atoms with E-state index in [1.54, 1.807) is 98.7 Å². The molecule has 1 N–H and O–H groups in total. The molecule has 1 amide bonds. The molecule has 0 aliphatic carbocycles. The summed E-state index contributed by atoms with van der Waals surface area (Å²) in [5, 5.41) is 2.59. The van der Waals surface area contributed by atoms with Gasteiger partial charge in [-0.15, -0.1) is 0 Å². The van der Waals surface area contributed by atoms with Crippen molar-refractivity contribution >= 4 is 24.0 Å². The zero-order chi connectivity index (χ0) is 37.9. The number of amides is 1. The average molecular weight is 704 g/mol. The number of benzene rings is 3. The Morgan fingerprint density at radius 3 is 1.61 bits per heavy atom. The topological polar surface area (TPSA) is 126 Å². The lowest BCUT2D eigenvalue weighted by Gasteiger charge is -2.34. The molecule has 0 saturated carbocycles. The number of nitrogens with one attached hydrogen (secondary N) is 1. The van der Waals surface area contributed by atoms with Crippen LogP contribution in [0, 0.1) is 5.41 Å². The zero-order valence-electron chi connectivity index (χ0n) is 31.4. The molecule has 0 aromatic heterocycles. The number of ether oxygens (including phenoxy) is 5. The quantitative estimate of drug-likeness (QED) is 0.101. The van der Waals surface area contributed by atoms with Crippen LogP contribution in [-0.4, -0.2) is 46.8 Å². The van der Waals surface area contributed by atoms with E-state index in [0.29, 0.717) is 17.9 Å². The lowest BCUT2D eigenvalue weighted by Crippen LogP contribution is -2.50. The molecule has 3 aromatic carbocycles. The first-order chi connectivity index (χ1) is 23.7. The third-order valence-electron chi connectivity index (χ3n) is 7.31. The van der Waals surface area contributed by atoms with E-state index in [4.69, 9.17) is 23.7 Å². The maximum atomic E-state index is 14.3. The smallest absolute Gasteiger partial charge is 0.408 e. The first-order valence-corrected chi connectivity index (χ1v) is 17.2. The first-order valence-electron chi connectivity index (χ1n) is 17.2. The average Bonchev–Trinajstić information content (AvgIpc) is 3.03. The second-order valence-corrected chi connectivity index (χ2v) is 15.5. The summed E-state index contributed by atoms with van der Waals surface area (Å²) >= 11 is 0. The van der Waals surface area contributed by atoms with Crippen molar-refractivity contribution in [3.63, 3.8) is 0 Å². The Labute approximate surface area is 302 Å². The molecule has 0 radical (unpaired) electrons. The van der Waals surface area contributed by atoms with Crippen LogP contribution >= 0.6 is 0 Å². The molecule has 0 spiro atoms. The Morgan fingerprint density at radius 1 is 0.588 bits per heavy atom. The summed E-state index contributed by atoms with van der Waals surface area (Å²) in [6, 6.07) is 24.6. The van der Waals surface area contributed by atoms with Crippen molar-refractivity contribution in [3.05, 3.63) is 102 Å². The lowest BCUT2D eigenvalue weighted by atomic mass is 9.76. The molecule has 0 saturated heterocycles. The summed E-state index contributed by atoms with van der Waals surface area (Å²) in [7, 11) is 0. The molecule has 3 aromatic rings. The fourth-order valence-corrected chi connectivity index (χ4v) is 5.01. The van der Waals surface area contributed by atoms with Gasteiger partial charge in [-0.1, -0.05) is 72.8 Å². The van der Waals surface area contributed by atoms with Gasteiger partial charge in [0.05, 0.1) is 0 Å². The molecule has 1 unspecified atom stereocenters. The van der Waals surface area contributed by atoms with Crippen molar-refractivity contribution in [2.75, 3.05) is 0 Å². The van der Waals surface area contributed by atoms with E-state index in [0.717, 1.165) is 11.1 Å². The fourth-order valence-electron chi connectivity index (χ4n) is 5.01. The third kappa shape index (κ3) is 14.1. The first kappa shape index (κ1) is 40.6. The van der Waals surface area contributed by atoms with Gasteiger partial charge < -0.3 is 29.0 Å². The summed E-state index contributed by atoms with van der Waals surface area (Å²) in [6.45, 7) is 15.6. The van der Waals surface area contributed by atoms with Crippen LogP contribution in [-0.2, 0) is 53.0 Å². The van der Waals surface area contributed by atoms with Gasteiger partial charge in [0.1, 0.15) is 41.8 Å². The fraction of sp³-hybridized carbons (Fsp3) is 0.463. The van der Waals surface area contributed by atoms with Gasteiger partial charge in [-0.05, 0) is 110 Å². The monoisotopic (exact) mass is 703 g/mol. The van der Waals surface area contributed by atoms with Crippen LogP contribution in [0.15, 0.2) is 84.9 Å². The third-order valence-corrected chi connectivity index (χ3v) is 7.31. The predicted octanol–water partition coefficient (Wildman–Crippen LogP) is 7.89. The summed E-state index contributed by atoms with van der Waals surface area (Å²) in [6.07, 6.45) is -1.38. The van der Waals surface area contributed by atoms with Gasteiger partial charge in [-0.3, -0.25) is 9.59 Å². The molecule has 2 atom stereocenters. The van der Waals surface area contributed by atoms with E-state index in [2.05, 4.69) is 5.32 Å². The van der Waals surface area contributed by atoms with Crippen LogP contribution in [0.1, 0.15) is 91.8 Å². The van der Waals surface area contributed by atoms with Crippen molar-refractivity contribution in [2.45, 2.75) is 118 Å². The van der Waals surface area contributed by atoms with Crippen LogP contribution in [0.25, 0.3) is 0 Å². The van der Waals surface area contributed by atoms with Crippen LogP contribution in [0.3, 0.4) is 0 Å². The molecule has 0 fully saturated rings. The molecule has 51 heavy (non-hydrogen) atoms. The highest BCUT2D eigenvalue weighted by molar-refractivity contribution is 6.00. The highest BCUT2D eigenvalue weighted by Crippen LogP contribution is 2.36. The molecule has 3 rings (SSSR count). The van der Waals surface area contributed by atoms with E-state index >= 15 is 0 Å². The Balaban J connectivity index is 2.02. The van der Waals surface area contributed by atoms with E-state index in [1.165, 1.54) is 0 Å². The Kier molecular flexibility index (Phi) is 13.8. The normalized spacial score (nSPS) is 13.6. The van der Waals surface area contributed by atoms with Gasteiger partial charge >= 0.3 is 24.0 Å². The maximum absolute atomic E-state index is 14.3. The SMILES string of the molecule is CC(C)(C)OC(=O)N[C@@H](CCC(Cc1ccc(OCc2ccccc2)cc1)(C(=O)OCc1ccccc1)C(=O)OC(C)(C)C)C(=O)OC(C)(C)C. The zero-order valence-corrected chi connectivity index (χ0v) is 31.4. The summed E-state index contributed by atoms with van der Waals surface area (Å²) in [5.41, 5.74) is -2.26. The number of esters is 3. The van der Waals surface area contributed by atoms with Crippen molar-refractivity contribution in [1.29, 1.82) is 0 Å². The molecule has 10 nitrogen and oxygen atoms in total. The minimum atomic E-state index is -1.93. The van der Waals surface area contributed by atoms with Gasteiger partial charge in [-0.2, -0.15) is 0 Å². The van der Waals surface area contributed by atoms with Crippen LogP contribution in [0.4, 0.5) is 4.79 Å². The maximum Gasteiger partial charge on any atom is 0.408 e. The van der Waals surface area contributed by atoms with Gasteiger partial charge in [0, 0.05) is 0 Å². The number of alkyl carbamates (subject to hydrolysis) is 1. The van der Waals surface area contributed by atoms with Crippen LogP contribution < -0.4 is 10.1 Å².